The predicted molar refractivity (Wildman–Crippen MR) is 92.1 cm³/mol. The fourth-order valence-corrected chi connectivity index (χ4v) is 7.15. The molecule has 1 fully saturated rings. The molecule has 132 valence electrons. The molecule has 0 aromatic heterocycles. The fraction of sp³-hybridized carbons (Fsp3) is 1.00. The van der Waals surface area contributed by atoms with Crippen LogP contribution in [-0.4, -0.2) is 40.4 Å². The number of rotatable bonds is 12. The van der Waals surface area contributed by atoms with Crippen molar-refractivity contribution in [3.05, 3.63) is 0 Å². The van der Waals surface area contributed by atoms with Gasteiger partial charge in [0, 0.05) is 32.8 Å². The highest BCUT2D eigenvalue weighted by Crippen LogP contribution is 2.42. The van der Waals surface area contributed by atoms with Gasteiger partial charge in [-0.05, 0) is 38.1 Å². The summed E-state index contributed by atoms with van der Waals surface area (Å²) in [6.07, 6.45) is 7.18. The van der Waals surface area contributed by atoms with Crippen molar-refractivity contribution in [1.82, 2.24) is 0 Å². The molecule has 0 N–H and O–H groups in total. The average molecular weight is 333 g/mol. The fourth-order valence-electron chi connectivity index (χ4n) is 2.98. The first-order valence-corrected chi connectivity index (χ1v) is 11.3. The van der Waals surface area contributed by atoms with E-state index >= 15 is 0 Å². The molecule has 0 aromatic rings. The number of hydrogen-bond acceptors (Lipinski definition) is 4. The van der Waals surface area contributed by atoms with Gasteiger partial charge in [0.15, 0.2) is 0 Å². The van der Waals surface area contributed by atoms with Crippen LogP contribution in [0.2, 0.25) is 6.04 Å². The molecule has 0 bridgehead atoms. The Morgan fingerprint density at radius 3 is 1.68 bits per heavy atom. The van der Waals surface area contributed by atoms with Gasteiger partial charge < -0.3 is 18.3 Å². The summed E-state index contributed by atoms with van der Waals surface area (Å²) < 4.78 is 25.4. The van der Waals surface area contributed by atoms with Crippen molar-refractivity contribution in [1.29, 1.82) is 0 Å². The van der Waals surface area contributed by atoms with Gasteiger partial charge in [0.1, 0.15) is 0 Å². The minimum Gasteiger partial charge on any atom is -0.391 e. The zero-order valence-electron chi connectivity index (χ0n) is 15.1. The van der Waals surface area contributed by atoms with Gasteiger partial charge >= 0.3 is 8.56 Å². The van der Waals surface area contributed by atoms with E-state index in [0.29, 0.717) is 13.2 Å². The highest BCUT2D eigenvalue weighted by molar-refractivity contribution is 6.70. The molecule has 1 rings (SSSR count). The Kier molecular flexibility index (Phi) is 9.83. The van der Waals surface area contributed by atoms with Crippen LogP contribution in [0.25, 0.3) is 0 Å². The molecule has 1 aliphatic rings. The van der Waals surface area contributed by atoms with Crippen LogP contribution in [-0.2, 0) is 18.3 Å². The van der Waals surface area contributed by atoms with Crippen molar-refractivity contribution in [2.75, 3.05) is 26.4 Å². The SMILES string of the molecule is CCCOC1(OCCC)CCCC[Si]1(OCCC)OCCC. The van der Waals surface area contributed by atoms with Gasteiger partial charge in [0.05, 0.1) is 0 Å². The lowest BCUT2D eigenvalue weighted by Gasteiger charge is -2.48. The smallest absolute Gasteiger partial charge is 0.391 e. The zero-order valence-corrected chi connectivity index (χ0v) is 16.1. The van der Waals surface area contributed by atoms with E-state index in [1.807, 2.05) is 0 Å². The van der Waals surface area contributed by atoms with Crippen molar-refractivity contribution in [2.24, 2.45) is 0 Å². The third kappa shape index (κ3) is 5.03. The topological polar surface area (TPSA) is 36.9 Å². The van der Waals surface area contributed by atoms with Gasteiger partial charge in [0.2, 0.25) is 5.41 Å². The number of hydrogen-bond donors (Lipinski definition) is 0. The zero-order chi connectivity index (χ0) is 16.3. The standard InChI is InChI=1S/C17H36O4Si/c1-5-12-18-17(19-13-6-2)11-9-10-16-22(17,20-14-7-3)21-15-8-4/h5-16H2,1-4H3. The first kappa shape index (κ1) is 20.1. The Labute approximate surface area is 138 Å². The molecular formula is C17H36O4Si. The molecule has 5 heteroatoms. The minimum absolute atomic E-state index is 0.610. The molecule has 0 atom stereocenters. The summed E-state index contributed by atoms with van der Waals surface area (Å²) in [6, 6.07) is 0.987. The third-order valence-corrected chi connectivity index (χ3v) is 8.05. The van der Waals surface area contributed by atoms with Crippen LogP contribution in [0.5, 0.6) is 0 Å². The lowest BCUT2D eigenvalue weighted by atomic mass is 10.2. The van der Waals surface area contributed by atoms with Crippen molar-refractivity contribution < 1.29 is 18.3 Å². The van der Waals surface area contributed by atoms with E-state index in [9.17, 15) is 0 Å². The molecule has 1 saturated heterocycles. The quantitative estimate of drug-likeness (QED) is 0.388. The third-order valence-electron chi connectivity index (χ3n) is 4.00. The van der Waals surface area contributed by atoms with Crippen LogP contribution in [0, 0.1) is 0 Å². The van der Waals surface area contributed by atoms with Gasteiger partial charge in [-0.25, -0.2) is 0 Å². The van der Waals surface area contributed by atoms with E-state index < -0.39 is 14.0 Å². The summed E-state index contributed by atoms with van der Waals surface area (Å²) in [4.78, 5) is 0. The maximum absolute atomic E-state index is 6.40. The Hall–Kier alpha value is 0.0569. The van der Waals surface area contributed by atoms with Gasteiger partial charge in [-0.2, -0.15) is 0 Å². The lowest BCUT2D eigenvalue weighted by Crippen LogP contribution is -2.67. The molecular weight excluding hydrogens is 296 g/mol. The predicted octanol–water partition coefficient (Wildman–Crippen LogP) is 4.55. The maximum atomic E-state index is 6.40. The Balaban J connectivity index is 3.03. The first-order valence-electron chi connectivity index (χ1n) is 9.26. The molecule has 0 aromatic carbocycles. The van der Waals surface area contributed by atoms with Gasteiger partial charge in [-0.15, -0.1) is 0 Å². The molecule has 1 aliphatic heterocycles. The molecule has 0 amide bonds. The number of ether oxygens (including phenoxy) is 2. The molecule has 0 spiro atoms. The second-order valence-corrected chi connectivity index (χ2v) is 9.45. The summed E-state index contributed by atoms with van der Waals surface area (Å²) in [6.45, 7) is 11.5. The largest absolute Gasteiger partial charge is 0.399 e. The Bertz CT molecular complexity index is 242. The Morgan fingerprint density at radius 1 is 0.727 bits per heavy atom. The van der Waals surface area contributed by atoms with Gasteiger partial charge in [-0.3, -0.25) is 0 Å². The summed E-state index contributed by atoms with van der Waals surface area (Å²) in [5.41, 5.74) is -0.610. The molecule has 0 aliphatic carbocycles. The monoisotopic (exact) mass is 332 g/mol. The normalized spacial score (nSPS) is 20.2. The molecule has 0 saturated carbocycles. The Morgan fingerprint density at radius 2 is 1.23 bits per heavy atom. The molecule has 22 heavy (non-hydrogen) atoms. The van der Waals surface area contributed by atoms with Crippen LogP contribution in [0.15, 0.2) is 0 Å². The summed E-state index contributed by atoms with van der Waals surface area (Å²) in [7, 11) is -2.52. The maximum Gasteiger partial charge on any atom is 0.399 e. The molecule has 0 unspecified atom stereocenters. The lowest BCUT2D eigenvalue weighted by molar-refractivity contribution is -0.217. The van der Waals surface area contributed by atoms with Crippen LogP contribution in [0.4, 0.5) is 0 Å². The van der Waals surface area contributed by atoms with E-state index in [-0.39, 0.29) is 0 Å². The van der Waals surface area contributed by atoms with E-state index in [2.05, 4.69) is 27.7 Å². The van der Waals surface area contributed by atoms with Crippen LogP contribution < -0.4 is 0 Å². The van der Waals surface area contributed by atoms with Crippen LogP contribution in [0.3, 0.4) is 0 Å². The van der Waals surface area contributed by atoms with Crippen molar-refractivity contribution >= 4 is 8.56 Å². The van der Waals surface area contributed by atoms with E-state index in [4.69, 9.17) is 18.3 Å². The highest BCUT2D eigenvalue weighted by atomic mass is 28.4. The summed E-state index contributed by atoms with van der Waals surface area (Å²) in [5, 5.41) is 0. The van der Waals surface area contributed by atoms with Crippen molar-refractivity contribution in [2.45, 2.75) is 84.1 Å². The van der Waals surface area contributed by atoms with Crippen LogP contribution >= 0.6 is 0 Å². The van der Waals surface area contributed by atoms with E-state index in [1.165, 1.54) is 0 Å². The summed E-state index contributed by atoms with van der Waals surface area (Å²) in [5.74, 6) is 0. The van der Waals surface area contributed by atoms with Gasteiger partial charge in [0.25, 0.3) is 0 Å². The van der Waals surface area contributed by atoms with Gasteiger partial charge in [-0.1, -0.05) is 34.1 Å². The molecule has 4 nitrogen and oxygen atoms in total. The van der Waals surface area contributed by atoms with E-state index in [0.717, 1.165) is 64.2 Å². The minimum atomic E-state index is -2.52. The second-order valence-electron chi connectivity index (χ2n) is 6.11. The van der Waals surface area contributed by atoms with Crippen molar-refractivity contribution in [3.63, 3.8) is 0 Å². The summed E-state index contributed by atoms with van der Waals surface area (Å²) >= 11 is 0. The molecule has 0 radical (unpaired) electrons. The van der Waals surface area contributed by atoms with Crippen LogP contribution in [0.1, 0.15) is 72.6 Å². The molecule has 1 heterocycles. The highest BCUT2D eigenvalue weighted by Gasteiger charge is 2.61. The van der Waals surface area contributed by atoms with Crippen molar-refractivity contribution in [3.8, 4) is 0 Å². The first-order chi connectivity index (χ1) is 10.7. The average Bonchev–Trinajstić information content (AvgIpc) is 2.56. The van der Waals surface area contributed by atoms with E-state index in [1.54, 1.807) is 0 Å². The second kappa shape index (κ2) is 10.8.